The summed E-state index contributed by atoms with van der Waals surface area (Å²) in [5.74, 6) is 0. The average molecular weight is 145 g/mol. The molecule has 0 rings (SSSR count). The third-order valence-electron chi connectivity index (χ3n) is 1.47. The van der Waals surface area contributed by atoms with Crippen LogP contribution in [0.15, 0.2) is 0 Å². The molecule has 0 amide bonds. The van der Waals surface area contributed by atoms with Crippen molar-refractivity contribution in [3.8, 4) is 0 Å². The van der Waals surface area contributed by atoms with Gasteiger partial charge in [-0.1, -0.05) is 19.1 Å². The van der Waals surface area contributed by atoms with E-state index >= 15 is 0 Å². The van der Waals surface area contributed by atoms with E-state index in [0.717, 1.165) is 11.4 Å². The molecule has 0 aromatic rings. The zero-order valence-corrected chi connectivity index (χ0v) is 7.46. The van der Waals surface area contributed by atoms with Crippen molar-refractivity contribution in [3.63, 3.8) is 0 Å². The van der Waals surface area contributed by atoms with Gasteiger partial charge in [-0.2, -0.15) is 0 Å². The van der Waals surface area contributed by atoms with E-state index in [-0.39, 0.29) is 0 Å². The minimum absolute atomic E-state index is 0.539. The highest BCUT2D eigenvalue weighted by atomic mass is 32.1. The molecule has 0 radical (unpaired) electrons. The number of thiocarbonyl (C=S) groups is 1. The summed E-state index contributed by atoms with van der Waals surface area (Å²) in [7, 11) is 2.04. The molecule has 0 saturated heterocycles. The van der Waals surface area contributed by atoms with Gasteiger partial charge in [0, 0.05) is 13.1 Å². The average Bonchev–Trinajstić information content (AvgIpc) is 1.84. The van der Waals surface area contributed by atoms with Crippen LogP contribution in [-0.4, -0.2) is 23.0 Å². The lowest BCUT2D eigenvalue weighted by Gasteiger charge is -2.23. The van der Waals surface area contributed by atoms with Crippen LogP contribution >= 0.6 is 12.2 Å². The molecule has 0 aromatic carbocycles. The molecule has 9 heavy (non-hydrogen) atoms. The van der Waals surface area contributed by atoms with E-state index in [1.807, 2.05) is 7.05 Å². The second-order valence-corrected chi connectivity index (χ2v) is 2.92. The fraction of sp³-hybridized carbons (Fsp3) is 0.857. The van der Waals surface area contributed by atoms with E-state index < -0.39 is 0 Å². The van der Waals surface area contributed by atoms with Crippen molar-refractivity contribution in [3.05, 3.63) is 0 Å². The number of nitrogens with zero attached hydrogens (tertiary/aromatic N) is 1. The molecule has 0 N–H and O–H groups in total. The summed E-state index contributed by atoms with van der Waals surface area (Å²) >= 11 is 5.08. The Morgan fingerprint density at radius 3 is 2.11 bits per heavy atom. The lowest BCUT2D eigenvalue weighted by atomic mass is 10.3. The fourth-order valence-corrected chi connectivity index (χ4v) is 0.748. The summed E-state index contributed by atoms with van der Waals surface area (Å²) in [4.78, 5) is 3.17. The van der Waals surface area contributed by atoms with Crippen LogP contribution in [-0.2, 0) is 0 Å². The molecule has 0 aliphatic rings. The van der Waals surface area contributed by atoms with Gasteiger partial charge in [0.05, 0.1) is 4.99 Å². The molecule has 0 heterocycles. The largest absolute Gasteiger partial charge is 0.367 e. The Morgan fingerprint density at radius 2 is 2.00 bits per heavy atom. The second-order valence-electron chi connectivity index (χ2n) is 2.45. The van der Waals surface area contributed by atoms with Crippen molar-refractivity contribution in [1.29, 1.82) is 0 Å². The van der Waals surface area contributed by atoms with Crippen molar-refractivity contribution >= 4 is 17.2 Å². The summed E-state index contributed by atoms with van der Waals surface area (Å²) in [6.45, 7) is 6.37. The van der Waals surface area contributed by atoms with Crippen LogP contribution in [0.2, 0.25) is 0 Å². The van der Waals surface area contributed by atoms with Gasteiger partial charge in [0.25, 0.3) is 0 Å². The molecule has 0 atom stereocenters. The predicted octanol–water partition coefficient (Wildman–Crippen LogP) is 2.06. The first-order chi connectivity index (χ1) is 4.09. The Labute approximate surface area is 63.0 Å². The zero-order valence-electron chi connectivity index (χ0n) is 6.64. The molecular formula is C7H15NS. The van der Waals surface area contributed by atoms with Crippen LogP contribution in [0.5, 0.6) is 0 Å². The van der Waals surface area contributed by atoms with E-state index in [2.05, 4.69) is 25.7 Å². The first kappa shape index (κ1) is 8.89. The smallest absolute Gasteiger partial charge is 0.0776 e. The molecule has 2 heteroatoms. The van der Waals surface area contributed by atoms with Crippen molar-refractivity contribution in [2.75, 3.05) is 7.05 Å². The third kappa shape index (κ3) is 2.80. The van der Waals surface area contributed by atoms with Gasteiger partial charge < -0.3 is 4.90 Å². The molecule has 0 saturated carbocycles. The fourth-order valence-electron chi connectivity index (χ4n) is 0.537. The van der Waals surface area contributed by atoms with Gasteiger partial charge in [0.1, 0.15) is 0 Å². The molecule has 1 nitrogen and oxygen atoms in total. The minimum Gasteiger partial charge on any atom is -0.367 e. The van der Waals surface area contributed by atoms with Crippen LogP contribution in [0.3, 0.4) is 0 Å². The Hall–Kier alpha value is -0.110. The van der Waals surface area contributed by atoms with Gasteiger partial charge in [-0.05, 0) is 20.3 Å². The summed E-state index contributed by atoms with van der Waals surface area (Å²) < 4.78 is 0. The highest BCUT2D eigenvalue weighted by Gasteiger charge is 2.03. The SMILES string of the molecule is CCC(=S)N(C)C(C)C. The molecule has 0 aromatic heterocycles. The molecule has 0 fully saturated rings. The molecule has 0 unspecified atom stereocenters. The van der Waals surface area contributed by atoms with E-state index in [9.17, 15) is 0 Å². The van der Waals surface area contributed by atoms with Gasteiger partial charge in [-0.25, -0.2) is 0 Å². The normalized spacial score (nSPS) is 9.89. The van der Waals surface area contributed by atoms with Crippen LogP contribution in [0.25, 0.3) is 0 Å². The lowest BCUT2D eigenvalue weighted by molar-refractivity contribution is 0.418. The van der Waals surface area contributed by atoms with E-state index in [4.69, 9.17) is 12.2 Å². The van der Waals surface area contributed by atoms with Gasteiger partial charge in [-0.3, -0.25) is 0 Å². The Bertz CT molecular complexity index is 99.1. The topological polar surface area (TPSA) is 3.24 Å². The lowest BCUT2D eigenvalue weighted by Crippen LogP contribution is -2.30. The monoisotopic (exact) mass is 145 g/mol. The van der Waals surface area contributed by atoms with Crippen molar-refractivity contribution in [1.82, 2.24) is 4.90 Å². The predicted molar refractivity (Wildman–Crippen MR) is 45.8 cm³/mol. The van der Waals surface area contributed by atoms with Gasteiger partial charge in [-0.15, -0.1) is 0 Å². The standard InChI is InChI=1S/C7H15NS/c1-5-7(9)8(4)6(2)3/h6H,5H2,1-4H3. The van der Waals surface area contributed by atoms with E-state index in [1.165, 1.54) is 0 Å². The molecular weight excluding hydrogens is 130 g/mol. The van der Waals surface area contributed by atoms with Crippen LogP contribution in [0, 0.1) is 0 Å². The first-order valence-corrected chi connectivity index (χ1v) is 3.76. The maximum Gasteiger partial charge on any atom is 0.0776 e. The van der Waals surface area contributed by atoms with Gasteiger partial charge >= 0.3 is 0 Å². The molecule has 0 aliphatic heterocycles. The highest BCUT2D eigenvalue weighted by molar-refractivity contribution is 7.80. The second kappa shape index (κ2) is 3.83. The van der Waals surface area contributed by atoms with Gasteiger partial charge in [0.2, 0.25) is 0 Å². The Balaban J connectivity index is 3.72. The summed E-state index contributed by atoms with van der Waals surface area (Å²) in [6, 6.07) is 0.539. The Kier molecular flexibility index (Phi) is 3.78. The Morgan fingerprint density at radius 1 is 1.56 bits per heavy atom. The minimum atomic E-state index is 0.539. The summed E-state index contributed by atoms with van der Waals surface area (Å²) in [5, 5.41) is 0. The maximum atomic E-state index is 5.08. The molecule has 54 valence electrons. The van der Waals surface area contributed by atoms with Crippen LogP contribution in [0.4, 0.5) is 0 Å². The number of hydrogen-bond acceptors (Lipinski definition) is 1. The summed E-state index contributed by atoms with van der Waals surface area (Å²) in [6.07, 6.45) is 0.976. The van der Waals surface area contributed by atoms with E-state index in [1.54, 1.807) is 0 Å². The van der Waals surface area contributed by atoms with Crippen molar-refractivity contribution < 1.29 is 0 Å². The van der Waals surface area contributed by atoms with Crippen molar-refractivity contribution in [2.24, 2.45) is 0 Å². The molecule has 0 bridgehead atoms. The molecule has 0 spiro atoms. The number of rotatable bonds is 2. The third-order valence-corrected chi connectivity index (χ3v) is 2.05. The van der Waals surface area contributed by atoms with Crippen LogP contribution in [0.1, 0.15) is 27.2 Å². The first-order valence-electron chi connectivity index (χ1n) is 3.35. The van der Waals surface area contributed by atoms with Crippen molar-refractivity contribution in [2.45, 2.75) is 33.2 Å². The van der Waals surface area contributed by atoms with E-state index in [0.29, 0.717) is 6.04 Å². The number of hydrogen-bond donors (Lipinski definition) is 0. The zero-order chi connectivity index (χ0) is 7.44. The molecule has 0 aliphatic carbocycles. The maximum absolute atomic E-state index is 5.08. The summed E-state index contributed by atoms with van der Waals surface area (Å²) in [5.41, 5.74) is 0. The highest BCUT2D eigenvalue weighted by Crippen LogP contribution is 1.98. The van der Waals surface area contributed by atoms with Crippen LogP contribution < -0.4 is 0 Å². The van der Waals surface area contributed by atoms with Gasteiger partial charge in [0.15, 0.2) is 0 Å². The quantitative estimate of drug-likeness (QED) is 0.547.